The Labute approximate surface area is 65.6 Å². The molecule has 4 heteroatoms. The van der Waals surface area contributed by atoms with Gasteiger partial charge in [0.25, 0.3) is 0 Å². The normalized spacial score (nSPS) is 25.3. The quantitative estimate of drug-likeness (QED) is 0.548. The van der Waals surface area contributed by atoms with Crippen molar-refractivity contribution in [1.29, 1.82) is 0 Å². The summed E-state index contributed by atoms with van der Waals surface area (Å²) >= 11 is 0. The zero-order valence-corrected chi connectivity index (χ0v) is 6.76. The Balaban J connectivity index is 2.66. The van der Waals surface area contributed by atoms with E-state index in [4.69, 9.17) is 0 Å². The maximum absolute atomic E-state index is 11.2. The maximum atomic E-state index is 11.2. The van der Waals surface area contributed by atoms with Crippen LogP contribution in [0.3, 0.4) is 0 Å². The van der Waals surface area contributed by atoms with E-state index in [1.165, 1.54) is 4.90 Å². The van der Waals surface area contributed by atoms with Crippen LogP contribution in [0.2, 0.25) is 0 Å². The monoisotopic (exact) mass is 156 g/mol. The Bertz CT molecular complexity index is 191. The first-order chi connectivity index (χ1) is 5.15. The highest BCUT2D eigenvalue weighted by Crippen LogP contribution is 2.02. The Morgan fingerprint density at radius 1 is 1.64 bits per heavy atom. The summed E-state index contributed by atoms with van der Waals surface area (Å²) in [5.74, 6) is -0.0638. The van der Waals surface area contributed by atoms with Gasteiger partial charge in [-0.15, -0.1) is 0 Å². The number of carbonyl (C=O) groups excluding carboxylic acids is 2. The first-order valence-corrected chi connectivity index (χ1v) is 3.69. The van der Waals surface area contributed by atoms with E-state index in [-0.39, 0.29) is 24.4 Å². The predicted octanol–water partition coefficient (Wildman–Crippen LogP) is -0.647. The molecule has 0 radical (unpaired) electrons. The summed E-state index contributed by atoms with van der Waals surface area (Å²) < 4.78 is 0. The van der Waals surface area contributed by atoms with Gasteiger partial charge in [0.05, 0.1) is 6.54 Å². The fourth-order valence-electron chi connectivity index (χ4n) is 1.14. The molecule has 1 heterocycles. The van der Waals surface area contributed by atoms with Crippen molar-refractivity contribution < 1.29 is 9.59 Å². The van der Waals surface area contributed by atoms with Crippen LogP contribution in [-0.4, -0.2) is 36.3 Å². The number of rotatable bonds is 1. The molecule has 0 saturated carbocycles. The second kappa shape index (κ2) is 2.90. The van der Waals surface area contributed by atoms with Gasteiger partial charge in [0, 0.05) is 7.05 Å². The number of hydrogen-bond donors (Lipinski definition) is 1. The predicted molar refractivity (Wildman–Crippen MR) is 39.9 cm³/mol. The third-order valence-electron chi connectivity index (χ3n) is 1.80. The first-order valence-electron chi connectivity index (χ1n) is 3.69. The summed E-state index contributed by atoms with van der Waals surface area (Å²) in [6.45, 7) is 2.07. The van der Waals surface area contributed by atoms with Crippen molar-refractivity contribution in [1.82, 2.24) is 10.2 Å². The van der Waals surface area contributed by atoms with Gasteiger partial charge in [-0.05, 0) is 6.42 Å². The maximum Gasteiger partial charge on any atom is 0.245 e. The van der Waals surface area contributed by atoms with Crippen molar-refractivity contribution in [2.24, 2.45) is 0 Å². The topological polar surface area (TPSA) is 49.4 Å². The molecule has 4 nitrogen and oxygen atoms in total. The van der Waals surface area contributed by atoms with Crippen molar-refractivity contribution in [2.75, 3.05) is 13.6 Å². The van der Waals surface area contributed by atoms with Crippen molar-refractivity contribution in [3.05, 3.63) is 0 Å². The Hall–Kier alpha value is -1.06. The van der Waals surface area contributed by atoms with Crippen LogP contribution in [0.5, 0.6) is 0 Å². The van der Waals surface area contributed by atoms with Crippen LogP contribution in [0.25, 0.3) is 0 Å². The molecule has 1 aliphatic rings. The van der Waals surface area contributed by atoms with Gasteiger partial charge in [0.1, 0.15) is 6.04 Å². The number of nitrogens with zero attached hydrogens (tertiary/aromatic N) is 1. The number of amides is 2. The van der Waals surface area contributed by atoms with E-state index in [0.29, 0.717) is 6.42 Å². The Kier molecular flexibility index (Phi) is 2.12. The first kappa shape index (κ1) is 8.04. The van der Waals surface area contributed by atoms with Crippen LogP contribution in [0, 0.1) is 0 Å². The van der Waals surface area contributed by atoms with E-state index in [1.54, 1.807) is 7.05 Å². The standard InChI is InChI=1S/C7H12N2O2/c1-3-5-7(11)9(2)4-6(10)8-5/h5H,3-4H2,1-2H3,(H,8,10)/t5-/m0/s1. The Morgan fingerprint density at radius 2 is 2.27 bits per heavy atom. The van der Waals surface area contributed by atoms with E-state index in [0.717, 1.165) is 0 Å². The number of nitrogens with one attached hydrogen (secondary N) is 1. The number of piperazine rings is 1. The molecule has 11 heavy (non-hydrogen) atoms. The van der Waals surface area contributed by atoms with E-state index in [9.17, 15) is 9.59 Å². The minimum Gasteiger partial charge on any atom is -0.343 e. The molecule has 0 unspecified atom stereocenters. The summed E-state index contributed by atoms with van der Waals surface area (Å²) in [5.41, 5.74) is 0. The highest BCUT2D eigenvalue weighted by molar-refractivity contribution is 5.94. The third kappa shape index (κ3) is 1.50. The molecule has 1 aliphatic heterocycles. The lowest BCUT2D eigenvalue weighted by Gasteiger charge is -2.28. The van der Waals surface area contributed by atoms with Crippen molar-refractivity contribution in [3.63, 3.8) is 0 Å². The summed E-state index contributed by atoms with van der Waals surface area (Å²) in [6.07, 6.45) is 0.662. The molecule has 0 spiro atoms. The molecule has 2 amide bonds. The number of likely N-dealkylation sites (N-methyl/N-ethyl adjacent to an activating group) is 1. The van der Waals surface area contributed by atoms with E-state index < -0.39 is 0 Å². The van der Waals surface area contributed by atoms with Crippen LogP contribution in [0.1, 0.15) is 13.3 Å². The summed E-state index contributed by atoms with van der Waals surface area (Å²) in [4.78, 5) is 23.5. The highest BCUT2D eigenvalue weighted by atomic mass is 16.2. The van der Waals surface area contributed by atoms with Gasteiger partial charge in [0.2, 0.25) is 11.8 Å². The lowest BCUT2D eigenvalue weighted by molar-refractivity contribution is -0.142. The summed E-state index contributed by atoms with van der Waals surface area (Å²) in [5, 5.41) is 2.62. The van der Waals surface area contributed by atoms with Gasteiger partial charge in [-0.3, -0.25) is 9.59 Å². The van der Waals surface area contributed by atoms with Gasteiger partial charge in [-0.25, -0.2) is 0 Å². The molecular weight excluding hydrogens is 144 g/mol. The molecule has 0 aromatic rings. The lowest BCUT2D eigenvalue weighted by Crippen LogP contribution is -2.56. The van der Waals surface area contributed by atoms with E-state index in [2.05, 4.69) is 5.32 Å². The summed E-state index contributed by atoms with van der Waals surface area (Å²) in [7, 11) is 1.64. The smallest absolute Gasteiger partial charge is 0.245 e. The van der Waals surface area contributed by atoms with Crippen molar-refractivity contribution in [2.45, 2.75) is 19.4 Å². The third-order valence-corrected chi connectivity index (χ3v) is 1.80. The molecule has 0 aromatic carbocycles. The van der Waals surface area contributed by atoms with Gasteiger partial charge < -0.3 is 10.2 Å². The molecular formula is C7H12N2O2. The Morgan fingerprint density at radius 3 is 2.82 bits per heavy atom. The SMILES string of the molecule is CC[C@@H]1NC(=O)CN(C)C1=O. The second-order valence-electron chi connectivity index (χ2n) is 2.72. The van der Waals surface area contributed by atoms with Gasteiger partial charge in [-0.2, -0.15) is 0 Å². The molecule has 1 atom stereocenters. The van der Waals surface area contributed by atoms with E-state index >= 15 is 0 Å². The largest absolute Gasteiger partial charge is 0.343 e. The number of carbonyl (C=O) groups is 2. The molecule has 1 fully saturated rings. The van der Waals surface area contributed by atoms with Crippen LogP contribution >= 0.6 is 0 Å². The summed E-state index contributed by atoms with van der Waals surface area (Å²) in [6, 6.07) is -0.304. The van der Waals surface area contributed by atoms with Crippen molar-refractivity contribution >= 4 is 11.8 Å². The van der Waals surface area contributed by atoms with Crippen LogP contribution in [0.4, 0.5) is 0 Å². The highest BCUT2D eigenvalue weighted by Gasteiger charge is 2.28. The van der Waals surface area contributed by atoms with Gasteiger partial charge in [0.15, 0.2) is 0 Å². The van der Waals surface area contributed by atoms with Crippen LogP contribution < -0.4 is 5.32 Å². The van der Waals surface area contributed by atoms with Crippen LogP contribution in [-0.2, 0) is 9.59 Å². The van der Waals surface area contributed by atoms with Gasteiger partial charge in [-0.1, -0.05) is 6.92 Å². The molecule has 0 aliphatic carbocycles. The molecule has 1 saturated heterocycles. The minimum absolute atomic E-state index is 0.00657. The second-order valence-corrected chi connectivity index (χ2v) is 2.72. The molecule has 0 aromatic heterocycles. The zero-order chi connectivity index (χ0) is 8.43. The minimum atomic E-state index is -0.304. The lowest BCUT2D eigenvalue weighted by atomic mass is 10.1. The molecule has 0 bridgehead atoms. The fourth-order valence-corrected chi connectivity index (χ4v) is 1.14. The van der Waals surface area contributed by atoms with Crippen LogP contribution in [0.15, 0.2) is 0 Å². The number of hydrogen-bond acceptors (Lipinski definition) is 2. The molecule has 1 rings (SSSR count). The van der Waals surface area contributed by atoms with Gasteiger partial charge >= 0.3 is 0 Å². The van der Waals surface area contributed by atoms with E-state index in [1.807, 2.05) is 6.92 Å². The fraction of sp³-hybridized carbons (Fsp3) is 0.714. The van der Waals surface area contributed by atoms with Crippen molar-refractivity contribution in [3.8, 4) is 0 Å². The molecule has 62 valence electrons. The zero-order valence-electron chi connectivity index (χ0n) is 6.76. The molecule has 1 N–H and O–H groups in total. The average Bonchev–Trinajstić information content (AvgIpc) is 1.96. The average molecular weight is 156 g/mol.